The van der Waals surface area contributed by atoms with Crippen LogP contribution in [0.15, 0.2) is 17.2 Å². The fraction of sp³-hybridized carbons (Fsp3) is 0.222. The van der Waals surface area contributed by atoms with Crippen molar-refractivity contribution in [3.05, 3.63) is 29.3 Å². The monoisotopic (exact) mass is 228 g/mol. The van der Waals surface area contributed by atoms with Crippen LogP contribution in [0.25, 0.3) is 0 Å². The third-order valence-corrected chi connectivity index (χ3v) is 2.21. The second-order valence-corrected chi connectivity index (χ2v) is 3.32. The normalized spacial score (nSPS) is 19.1. The molecule has 1 atom stereocenters. The molecule has 1 fully saturated rings. The van der Waals surface area contributed by atoms with Gasteiger partial charge in [-0.05, 0) is 12.1 Å². The number of nitrogens with zero attached hydrogens (tertiary/aromatic N) is 2. The number of hydrazone groups is 1. The molecule has 5 nitrogen and oxygen atoms in total. The second-order valence-electron chi connectivity index (χ2n) is 3.32. The molecule has 1 aliphatic heterocycles. The minimum Gasteiger partial charge on any atom is -0.368 e. The van der Waals surface area contributed by atoms with E-state index in [9.17, 15) is 8.78 Å². The lowest BCUT2D eigenvalue weighted by molar-refractivity contribution is 0.398. The summed E-state index contributed by atoms with van der Waals surface area (Å²) in [6, 6.07) is 2.20. The summed E-state index contributed by atoms with van der Waals surface area (Å²) in [6.07, 6.45) is 0.560. The van der Waals surface area contributed by atoms with Gasteiger partial charge < -0.3 is 10.6 Å². The van der Waals surface area contributed by atoms with Gasteiger partial charge in [0.05, 0.1) is 17.9 Å². The van der Waals surface area contributed by atoms with Crippen molar-refractivity contribution >= 4 is 12.0 Å². The fourth-order valence-corrected chi connectivity index (χ4v) is 1.38. The van der Waals surface area contributed by atoms with Crippen LogP contribution in [0.4, 0.5) is 14.5 Å². The lowest BCUT2D eigenvalue weighted by Gasteiger charge is -2.13. The molecule has 86 valence electrons. The Bertz CT molecular complexity index is 411. The van der Waals surface area contributed by atoms with Gasteiger partial charge in [-0.15, -0.1) is 0 Å². The first-order valence-corrected chi connectivity index (χ1v) is 4.51. The van der Waals surface area contributed by atoms with E-state index in [-0.39, 0.29) is 11.3 Å². The Morgan fingerprint density at radius 3 is 2.44 bits per heavy atom. The highest BCUT2D eigenvalue weighted by molar-refractivity contribution is 5.77. The Balaban J connectivity index is 2.36. The van der Waals surface area contributed by atoms with Crippen molar-refractivity contribution in [2.45, 2.75) is 6.10 Å². The minimum atomic E-state index is -0.696. The number of hydrazine groups is 1. The third-order valence-electron chi connectivity index (χ3n) is 2.21. The van der Waals surface area contributed by atoms with Gasteiger partial charge in [-0.1, -0.05) is 0 Å². The largest absolute Gasteiger partial charge is 0.368 e. The Hall–Kier alpha value is -1.73. The van der Waals surface area contributed by atoms with E-state index in [2.05, 4.69) is 5.10 Å². The average Bonchev–Trinajstić information content (AvgIpc) is 3.01. The van der Waals surface area contributed by atoms with Crippen LogP contribution >= 0.6 is 0 Å². The van der Waals surface area contributed by atoms with Gasteiger partial charge in [0.25, 0.3) is 0 Å². The van der Waals surface area contributed by atoms with Crippen LogP contribution in [0.5, 0.6) is 0 Å². The highest BCUT2D eigenvalue weighted by Crippen LogP contribution is 2.35. The number of anilines is 1. The average molecular weight is 228 g/mol. The van der Waals surface area contributed by atoms with E-state index >= 15 is 0 Å². The molecule has 0 radical (unpaired) electrons. The minimum absolute atomic E-state index is 0.0677. The molecule has 1 aromatic rings. The van der Waals surface area contributed by atoms with Gasteiger partial charge in [0.1, 0.15) is 24.1 Å². The van der Waals surface area contributed by atoms with Crippen molar-refractivity contribution in [2.24, 2.45) is 16.8 Å². The van der Waals surface area contributed by atoms with Crippen molar-refractivity contribution in [1.82, 2.24) is 0 Å². The molecule has 0 saturated carbocycles. The molecular weight excluding hydrogens is 218 g/mol. The Morgan fingerprint density at radius 2 is 2.00 bits per heavy atom. The Kier molecular flexibility index (Phi) is 2.71. The van der Waals surface area contributed by atoms with E-state index in [1.807, 2.05) is 0 Å². The Morgan fingerprint density at radius 1 is 1.44 bits per heavy atom. The molecule has 1 heterocycles. The fourth-order valence-electron chi connectivity index (χ4n) is 1.38. The number of hydrogen-bond acceptors (Lipinski definition) is 4. The van der Waals surface area contributed by atoms with Gasteiger partial charge >= 0.3 is 0 Å². The Labute approximate surface area is 90.2 Å². The first-order valence-electron chi connectivity index (χ1n) is 4.51. The topological polar surface area (TPSA) is 80.2 Å². The van der Waals surface area contributed by atoms with Crippen molar-refractivity contribution < 1.29 is 13.5 Å². The summed E-state index contributed by atoms with van der Waals surface area (Å²) in [5, 5.41) is 4.07. The van der Waals surface area contributed by atoms with E-state index in [1.54, 1.807) is 0 Å². The smallest absolute Gasteiger partial charge is 0.134 e. The molecule has 1 aromatic carbocycles. The van der Waals surface area contributed by atoms with E-state index < -0.39 is 17.7 Å². The van der Waals surface area contributed by atoms with Crippen LogP contribution in [0.1, 0.15) is 11.7 Å². The van der Waals surface area contributed by atoms with Crippen LogP contribution in [0, 0.1) is 11.6 Å². The van der Waals surface area contributed by atoms with Crippen molar-refractivity contribution in [1.29, 1.82) is 0 Å². The molecule has 2 rings (SSSR count). The zero-order chi connectivity index (χ0) is 11.7. The van der Waals surface area contributed by atoms with Gasteiger partial charge in [0.2, 0.25) is 0 Å². The molecule has 1 saturated heterocycles. The molecule has 4 N–H and O–H groups in total. The highest BCUT2D eigenvalue weighted by Gasteiger charge is 2.31. The zero-order valence-corrected chi connectivity index (χ0v) is 8.23. The van der Waals surface area contributed by atoms with Gasteiger partial charge in [-0.25, -0.2) is 14.6 Å². The number of nitrogens with two attached hydrogens (primary N) is 2. The number of ether oxygens (including phenoxy) is 1. The van der Waals surface area contributed by atoms with Gasteiger partial charge in [-0.2, -0.15) is 5.10 Å². The first kappa shape index (κ1) is 10.8. The second kappa shape index (κ2) is 4.03. The predicted octanol–water partition coefficient (Wildman–Crippen LogP) is 0.618. The molecule has 0 spiro atoms. The molecular formula is C9H10F2N4O. The SMILES string of the molecule is N/N=C\N(N)c1cc(F)c([C@H]2CO2)c(F)c1. The molecule has 0 unspecified atom stereocenters. The van der Waals surface area contributed by atoms with Crippen LogP contribution in [-0.4, -0.2) is 12.9 Å². The molecule has 1 aliphatic rings. The molecule has 16 heavy (non-hydrogen) atoms. The predicted molar refractivity (Wildman–Crippen MR) is 54.4 cm³/mol. The van der Waals surface area contributed by atoms with E-state index in [0.717, 1.165) is 23.5 Å². The van der Waals surface area contributed by atoms with E-state index in [4.69, 9.17) is 16.4 Å². The first-order chi connectivity index (χ1) is 7.63. The van der Waals surface area contributed by atoms with Crippen molar-refractivity contribution in [3.8, 4) is 0 Å². The van der Waals surface area contributed by atoms with Crippen molar-refractivity contribution in [2.75, 3.05) is 11.6 Å². The summed E-state index contributed by atoms with van der Waals surface area (Å²) in [6.45, 7) is 0.337. The third kappa shape index (κ3) is 1.95. The maximum absolute atomic E-state index is 13.5. The van der Waals surface area contributed by atoms with Crippen LogP contribution in [0.2, 0.25) is 0 Å². The summed E-state index contributed by atoms with van der Waals surface area (Å²) in [4.78, 5) is 0. The van der Waals surface area contributed by atoms with E-state index in [0.29, 0.717) is 6.61 Å². The summed E-state index contributed by atoms with van der Waals surface area (Å²) in [5.41, 5.74) is 0.0513. The molecule has 0 aromatic heterocycles. The van der Waals surface area contributed by atoms with Crippen molar-refractivity contribution in [3.63, 3.8) is 0 Å². The maximum atomic E-state index is 13.5. The summed E-state index contributed by atoms with van der Waals surface area (Å²) < 4.78 is 31.9. The molecule has 0 amide bonds. The van der Waals surface area contributed by atoms with Crippen LogP contribution < -0.4 is 16.7 Å². The van der Waals surface area contributed by atoms with Gasteiger partial charge in [0, 0.05) is 0 Å². The highest BCUT2D eigenvalue weighted by atomic mass is 19.1. The van der Waals surface area contributed by atoms with Gasteiger partial charge in [-0.3, -0.25) is 5.01 Å². The lowest BCUT2D eigenvalue weighted by atomic mass is 10.1. The number of epoxide rings is 1. The number of halogens is 2. The zero-order valence-electron chi connectivity index (χ0n) is 8.23. The van der Waals surface area contributed by atoms with Crippen LogP contribution in [0.3, 0.4) is 0 Å². The lowest BCUT2D eigenvalue weighted by Crippen LogP contribution is -2.29. The standard InChI is InChI=1S/C9H10F2N4O/c10-6-1-5(15(13)4-14-12)2-7(11)9(6)8-3-16-8/h1-2,4,8H,3,12-13H2/b14-4-/t8-/m1/s1. The summed E-state index contributed by atoms with van der Waals surface area (Å²) in [7, 11) is 0. The van der Waals surface area contributed by atoms with Crippen LogP contribution in [-0.2, 0) is 4.74 Å². The van der Waals surface area contributed by atoms with Gasteiger partial charge in [0.15, 0.2) is 0 Å². The summed E-state index contributed by atoms with van der Waals surface area (Å²) in [5.74, 6) is 8.90. The molecule has 0 bridgehead atoms. The van der Waals surface area contributed by atoms with E-state index in [1.165, 1.54) is 0 Å². The number of benzene rings is 1. The summed E-state index contributed by atoms with van der Waals surface area (Å²) >= 11 is 0. The quantitative estimate of drug-likeness (QED) is 0.261. The molecule has 7 heteroatoms. The molecule has 0 aliphatic carbocycles. The maximum Gasteiger partial charge on any atom is 0.134 e. The number of hydrogen-bond donors (Lipinski definition) is 2. The number of rotatable bonds is 3.